The minimum Gasteiger partial charge on any atom is -0.480 e. The van der Waals surface area contributed by atoms with Crippen molar-refractivity contribution in [2.24, 2.45) is 23.5 Å². The van der Waals surface area contributed by atoms with Gasteiger partial charge in [0.15, 0.2) is 11.5 Å². The highest BCUT2D eigenvalue weighted by molar-refractivity contribution is 5.80. The van der Waals surface area contributed by atoms with Crippen LogP contribution in [0.5, 0.6) is 11.5 Å². The Bertz CT molecular complexity index is 1010. The molecule has 40 heavy (non-hydrogen) atoms. The number of carboxylic acid groups (broad SMARTS) is 1. The number of hydrogen-bond donors (Lipinski definition) is 2. The molecule has 0 aliphatic rings. The maximum atomic E-state index is 12.3. The summed E-state index contributed by atoms with van der Waals surface area (Å²) < 4.78 is 31.0. The van der Waals surface area contributed by atoms with Gasteiger partial charge in [0.2, 0.25) is 0 Å². The summed E-state index contributed by atoms with van der Waals surface area (Å²) in [7, 11) is 0. The van der Waals surface area contributed by atoms with Crippen molar-refractivity contribution in [2.45, 2.75) is 86.0 Å². The van der Waals surface area contributed by atoms with E-state index in [4.69, 9.17) is 34.2 Å². The summed E-state index contributed by atoms with van der Waals surface area (Å²) in [6.45, 7) is 14.2. The van der Waals surface area contributed by atoms with Crippen LogP contribution in [-0.2, 0) is 30.2 Å². The predicted octanol–water partition coefficient (Wildman–Crippen LogP) is 5.33. The normalized spacial score (nSPS) is 14.9. The number of ether oxygens (including phenoxy) is 6. The average Bonchev–Trinajstić information content (AvgIpc) is 2.86. The van der Waals surface area contributed by atoms with E-state index in [1.54, 1.807) is 6.92 Å². The molecule has 1 rings (SSSR count). The van der Waals surface area contributed by atoms with Crippen LogP contribution < -0.4 is 15.2 Å². The second-order valence-corrected chi connectivity index (χ2v) is 10.6. The van der Waals surface area contributed by atoms with E-state index in [1.165, 1.54) is 32.0 Å². The molecule has 0 amide bonds. The first kappa shape index (κ1) is 34.5. The fourth-order valence-electron chi connectivity index (χ4n) is 3.25. The molecule has 0 spiro atoms. The number of carbonyl (C=O) groups is 4. The van der Waals surface area contributed by atoms with Crippen LogP contribution in [0.2, 0.25) is 0 Å². The van der Waals surface area contributed by atoms with E-state index in [2.05, 4.69) is 0 Å². The minimum atomic E-state index is -1.91. The van der Waals surface area contributed by atoms with Gasteiger partial charge in [-0.3, -0.25) is 4.79 Å². The van der Waals surface area contributed by atoms with E-state index in [0.717, 1.165) is 0 Å². The molecule has 0 aliphatic carbocycles. The molecule has 0 bridgehead atoms. The molecule has 1 aromatic carbocycles. The van der Waals surface area contributed by atoms with Crippen molar-refractivity contribution in [2.75, 3.05) is 13.2 Å². The molecule has 12 nitrogen and oxygen atoms in total. The highest BCUT2D eigenvalue weighted by Crippen LogP contribution is 2.33. The van der Waals surface area contributed by atoms with Crippen molar-refractivity contribution in [1.29, 1.82) is 0 Å². The molecule has 0 fully saturated rings. The van der Waals surface area contributed by atoms with Crippen molar-refractivity contribution < 1.29 is 52.7 Å². The van der Waals surface area contributed by atoms with E-state index in [0.29, 0.717) is 12.0 Å². The zero-order chi connectivity index (χ0) is 30.6. The van der Waals surface area contributed by atoms with Crippen LogP contribution in [0, 0.1) is 17.8 Å². The van der Waals surface area contributed by atoms with Crippen LogP contribution in [0.3, 0.4) is 0 Å². The van der Waals surface area contributed by atoms with Crippen LogP contribution in [0.4, 0.5) is 14.4 Å². The van der Waals surface area contributed by atoms with Crippen LogP contribution in [0.1, 0.15) is 67.4 Å². The smallest absolute Gasteiger partial charge is 0.480 e. The number of nitrogens with two attached hydrogens (primary N) is 1. The van der Waals surface area contributed by atoms with Gasteiger partial charge in [0.05, 0.1) is 13.2 Å². The third-order valence-corrected chi connectivity index (χ3v) is 6.03. The largest absolute Gasteiger partial charge is 0.513 e. The minimum absolute atomic E-state index is 0.0437. The molecule has 4 atom stereocenters. The number of aliphatic carboxylic acids is 1. The molecule has 0 saturated carbocycles. The molecule has 3 N–H and O–H groups in total. The van der Waals surface area contributed by atoms with Gasteiger partial charge in [0, 0.05) is 12.3 Å². The molecule has 0 aliphatic heterocycles. The van der Waals surface area contributed by atoms with Gasteiger partial charge in [-0.1, -0.05) is 47.6 Å². The summed E-state index contributed by atoms with van der Waals surface area (Å²) in [6.07, 6.45) is -3.94. The van der Waals surface area contributed by atoms with Crippen molar-refractivity contribution in [3.05, 3.63) is 23.8 Å². The highest BCUT2D eigenvalue weighted by atomic mass is 16.7. The molecule has 1 aromatic rings. The summed E-state index contributed by atoms with van der Waals surface area (Å²) in [4.78, 5) is 48.9. The molecule has 12 heteroatoms. The second kappa shape index (κ2) is 15.9. The molecule has 226 valence electrons. The molecular weight excluding hydrogens is 526 g/mol. The fraction of sp³-hybridized carbons (Fsp3) is 0.643. The van der Waals surface area contributed by atoms with Crippen LogP contribution in [-0.4, -0.2) is 60.5 Å². The number of carboxylic acids is 1. The second-order valence-electron chi connectivity index (χ2n) is 10.6. The number of rotatable bonds is 14. The maximum absolute atomic E-state index is 12.3. The van der Waals surface area contributed by atoms with Crippen LogP contribution >= 0.6 is 0 Å². The lowest BCUT2D eigenvalue weighted by molar-refractivity contribution is -0.147. The van der Waals surface area contributed by atoms with Gasteiger partial charge >= 0.3 is 24.4 Å². The number of carbonyl (C=O) groups excluding carboxylic acids is 3. The van der Waals surface area contributed by atoms with E-state index >= 15 is 0 Å². The molecule has 0 heterocycles. The van der Waals surface area contributed by atoms with Crippen LogP contribution in [0.15, 0.2) is 18.2 Å². The lowest BCUT2D eigenvalue weighted by atomic mass is 9.78. The Morgan fingerprint density at radius 2 is 1.35 bits per heavy atom. The summed E-state index contributed by atoms with van der Waals surface area (Å²) in [6, 6.07) is 4.12. The predicted molar refractivity (Wildman–Crippen MR) is 144 cm³/mol. The van der Waals surface area contributed by atoms with Crippen molar-refractivity contribution in [3.8, 4) is 11.5 Å². The molecule has 0 aromatic heterocycles. The Morgan fingerprint density at radius 3 is 1.82 bits per heavy atom. The van der Waals surface area contributed by atoms with E-state index in [-0.39, 0.29) is 49.1 Å². The molecular formula is C28H43NO11. The lowest BCUT2D eigenvalue weighted by Crippen LogP contribution is -2.58. The first-order valence-corrected chi connectivity index (χ1v) is 13.3. The number of hydrogen-bond acceptors (Lipinski definition) is 11. The fourth-order valence-corrected chi connectivity index (χ4v) is 3.25. The Morgan fingerprint density at radius 1 is 0.825 bits per heavy atom. The van der Waals surface area contributed by atoms with Gasteiger partial charge in [0.1, 0.15) is 17.7 Å². The Labute approximate surface area is 235 Å². The van der Waals surface area contributed by atoms with Crippen molar-refractivity contribution >= 4 is 24.4 Å². The standard InChI is InChI=1S/C28H43NO11/c1-9-18(6)37-27(34)38-20(8)19(7)28(29,24(30)31)13-21-10-11-22(39-25(32)35-14-16(2)3)23(12-21)40-26(33)36-15-17(4)5/h10-12,16-20H,9,13-15,29H2,1-8H3,(H,30,31)/t18?,19-,20+,28-/m1/s1. The van der Waals surface area contributed by atoms with Crippen LogP contribution in [0.25, 0.3) is 0 Å². The van der Waals surface area contributed by atoms with E-state index < -0.39 is 42.0 Å². The zero-order valence-electron chi connectivity index (χ0n) is 24.6. The summed E-state index contributed by atoms with van der Waals surface area (Å²) >= 11 is 0. The van der Waals surface area contributed by atoms with E-state index in [9.17, 15) is 24.3 Å². The first-order chi connectivity index (χ1) is 18.6. The molecule has 1 unspecified atom stereocenters. The van der Waals surface area contributed by atoms with Crippen molar-refractivity contribution in [3.63, 3.8) is 0 Å². The third-order valence-electron chi connectivity index (χ3n) is 6.03. The topological polar surface area (TPSA) is 170 Å². The number of benzene rings is 1. The third kappa shape index (κ3) is 11.3. The summed E-state index contributed by atoms with van der Waals surface area (Å²) in [5.41, 5.74) is 4.79. The summed E-state index contributed by atoms with van der Waals surface area (Å²) in [5.74, 6) is -2.46. The highest BCUT2D eigenvalue weighted by Gasteiger charge is 2.44. The first-order valence-electron chi connectivity index (χ1n) is 13.3. The Hall–Kier alpha value is -3.54. The van der Waals surface area contributed by atoms with Gasteiger partial charge in [-0.2, -0.15) is 0 Å². The van der Waals surface area contributed by atoms with Gasteiger partial charge in [-0.05, 0) is 49.8 Å². The van der Waals surface area contributed by atoms with Gasteiger partial charge < -0.3 is 39.3 Å². The van der Waals surface area contributed by atoms with Crippen molar-refractivity contribution in [1.82, 2.24) is 0 Å². The SMILES string of the molecule is CCC(C)OC(=O)O[C@@H](C)[C@@H](C)[C@](N)(Cc1ccc(OC(=O)OCC(C)C)c(OC(=O)OCC(C)C)c1)C(=O)O. The monoisotopic (exact) mass is 569 g/mol. The molecule has 0 saturated heterocycles. The Balaban J connectivity index is 3.23. The van der Waals surface area contributed by atoms with Gasteiger partial charge in [-0.15, -0.1) is 0 Å². The Kier molecular flexibility index (Phi) is 13.7. The van der Waals surface area contributed by atoms with Gasteiger partial charge in [-0.25, -0.2) is 14.4 Å². The summed E-state index contributed by atoms with van der Waals surface area (Å²) in [5, 5.41) is 10.1. The van der Waals surface area contributed by atoms with E-state index in [1.807, 2.05) is 34.6 Å². The average molecular weight is 570 g/mol. The quantitative estimate of drug-likeness (QED) is 0.168. The van der Waals surface area contributed by atoms with Gasteiger partial charge in [0.25, 0.3) is 0 Å². The maximum Gasteiger partial charge on any atom is 0.513 e. The zero-order valence-corrected chi connectivity index (χ0v) is 24.6. The lowest BCUT2D eigenvalue weighted by Gasteiger charge is -2.34. The molecule has 0 radical (unpaired) electrons.